The number of hydrogen-bond acceptors (Lipinski definition) is 7. The third-order valence-corrected chi connectivity index (χ3v) is 9.70. The van der Waals surface area contributed by atoms with E-state index in [1.165, 1.54) is 0 Å². The van der Waals surface area contributed by atoms with Crippen LogP contribution in [0.1, 0.15) is 38.5 Å². The van der Waals surface area contributed by atoms with Crippen LogP contribution in [-0.2, 0) is 14.8 Å². The number of pyridine rings is 1. The van der Waals surface area contributed by atoms with Crippen LogP contribution in [0, 0.1) is 11.3 Å². The normalized spacial score (nSPS) is 24.7. The number of benzene rings is 1. The minimum absolute atomic E-state index is 0.0512. The van der Waals surface area contributed by atoms with Crippen molar-refractivity contribution in [3.05, 3.63) is 42.7 Å². The number of nitrogens with one attached hydrogen (secondary N) is 1. The molecule has 0 bridgehead atoms. The summed E-state index contributed by atoms with van der Waals surface area (Å²) in [4.78, 5) is 21.4. The Hall–Kier alpha value is -2.53. The van der Waals surface area contributed by atoms with E-state index in [2.05, 4.69) is 9.71 Å². The molecule has 2 aromatic rings. The molecule has 1 spiro atoms. The molecule has 10 heteroatoms. The van der Waals surface area contributed by atoms with Gasteiger partial charge in [-0.25, -0.2) is 13.1 Å². The Balaban J connectivity index is 1.43. The summed E-state index contributed by atoms with van der Waals surface area (Å²) in [7, 11) is -1.97. The van der Waals surface area contributed by atoms with Crippen molar-refractivity contribution in [3.63, 3.8) is 0 Å². The average molecular weight is 543 g/mol. The fourth-order valence-corrected chi connectivity index (χ4v) is 7.31. The summed E-state index contributed by atoms with van der Waals surface area (Å²) in [6, 6.07) is 8.81. The molecule has 2 fully saturated rings. The van der Waals surface area contributed by atoms with Crippen LogP contribution in [0.4, 0.5) is 0 Å². The summed E-state index contributed by atoms with van der Waals surface area (Å²) in [5, 5.41) is 10.6. The molecule has 0 radical (unpaired) electrons. The molecule has 1 amide bonds. The number of sulfonamides is 1. The molecule has 1 aromatic carbocycles. The molecule has 1 unspecified atom stereocenters. The minimum atomic E-state index is -3.91. The number of aromatic nitrogens is 1. The zero-order chi connectivity index (χ0) is 26.8. The summed E-state index contributed by atoms with van der Waals surface area (Å²) >= 11 is 0. The second-order valence-electron chi connectivity index (χ2n) is 11.2. The number of carbonyl (C=O) groups is 1. The Labute approximate surface area is 225 Å². The molecule has 5 rings (SSSR count). The summed E-state index contributed by atoms with van der Waals surface area (Å²) in [6.45, 7) is 2.57. The van der Waals surface area contributed by atoms with Crippen molar-refractivity contribution in [1.82, 2.24) is 19.5 Å². The lowest BCUT2D eigenvalue weighted by Crippen LogP contribution is -2.52. The third kappa shape index (κ3) is 6.03. The molecule has 1 atom stereocenters. The molecule has 1 saturated heterocycles. The van der Waals surface area contributed by atoms with Crippen molar-refractivity contribution in [2.75, 3.05) is 46.4 Å². The van der Waals surface area contributed by atoms with Crippen LogP contribution in [0.2, 0.25) is 0 Å². The first-order chi connectivity index (χ1) is 18.2. The van der Waals surface area contributed by atoms with E-state index >= 15 is 0 Å². The lowest BCUT2D eigenvalue weighted by molar-refractivity contribution is -0.138. The first kappa shape index (κ1) is 27.1. The van der Waals surface area contributed by atoms with E-state index in [-0.39, 0.29) is 34.4 Å². The Morgan fingerprint density at radius 1 is 1.16 bits per heavy atom. The molecule has 1 saturated carbocycles. The molecule has 3 aliphatic rings. The van der Waals surface area contributed by atoms with Gasteiger partial charge in [-0.05, 0) is 56.5 Å². The monoisotopic (exact) mass is 542 g/mol. The van der Waals surface area contributed by atoms with Crippen molar-refractivity contribution in [1.29, 1.82) is 0 Å². The van der Waals surface area contributed by atoms with Gasteiger partial charge in [-0.2, -0.15) is 0 Å². The smallest absolute Gasteiger partial charge is 0.244 e. The van der Waals surface area contributed by atoms with Gasteiger partial charge in [0.1, 0.15) is 10.6 Å². The largest absolute Gasteiger partial charge is 0.492 e. The maximum Gasteiger partial charge on any atom is 0.244 e. The SMILES string of the molecule is CN1CC(O)CNS(=O)(=O)c2ccc(-c3cccnc3)cc2OCC2(CCN(C(=O)C3CCCC3)CC2)C1. The van der Waals surface area contributed by atoms with Gasteiger partial charge in [0.2, 0.25) is 15.9 Å². The molecule has 9 nitrogen and oxygen atoms in total. The highest BCUT2D eigenvalue weighted by molar-refractivity contribution is 7.89. The molecular weight excluding hydrogens is 504 g/mol. The number of likely N-dealkylation sites (N-methyl/N-ethyl adjacent to an activating group) is 1. The predicted octanol–water partition coefficient (Wildman–Crippen LogP) is 2.51. The third-order valence-electron chi connectivity index (χ3n) is 8.24. The molecule has 1 aliphatic carbocycles. The van der Waals surface area contributed by atoms with Gasteiger partial charge in [0.15, 0.2) is 0 Å². The molecule has 2 aliphatic heterocycles. The number of aliphatic hydroxyl groups is 1. The zero-order valence-electron chi connectivity index (χ0n) is 22.0. The van der Waals surface area contributed by atoms with E-state index in [1.807, 2.05) is 29.0 Å². The number of β-amino-alcohol motifs (C(OH)–C–C–N with tert-alkyl or cyclic N) is 1. The number of hydrogen-bond donors (Lipinski definition) is 2. The van der Waals surface area contributed by atoms with Gasteiger partial charge in [-0.3, -0.25) is 9.78 Å². The molecule has 3 heterocycles. The van der Waals surface area contributed by atoms with Gasteiger partial charge in [0, 0.05) is 62.0 Å². The van der Waals surface area contributed by atoms with Gasteiger partial charge in [0.05, 0.1) is 12.7 Å². The number of fused-ring (bicyclic) bond motifs is 1. The van der Waals surface area contributed by atoms with Gasteiger partial charge in [0.25, 0.3) is 0 Å². The molecule has 2 N–H and O–H groups in total. The number of aliphatic hydroxyl groups excluding tert-OH is 1. The second kappa shape index (κ2) is 11.3. The fourth-order valence-electron chi connectivity index (χ4n) is 6.11. The summed E-state index contributed by atoms with van der Waals surface area (Å²) < 4.78 is 35.4. The van der Waals surface area contributed by atoms with Crippen LogP contribution in [0.5, 0.6) is 5.75 Å². The van der Waals surface area contributed by atoms with Gasteiger partial charge in [-0.1, -0.05) is 25.0 Å². The predicted molar refractivity (Wildman–Crippen MR) is 144 cm³/mol. The van der Waals surface area contributed by atoms with Crippen molar-refractivity contribution < 1.29 is 23.1 Å². The zero-order valence-corrected chi connectivity index (χ0v) is 22.8. The van der Waals surface area contributed by atoms with Crippen LogP contribution in [0.15, 0.2) is 47.6 Å². The van der Waals surface area contributed by atoms with Gasteiger partial charge < -0.3 is 19.6 Å². The Bertz CT molecular complexity index is 1230. The molecular formula is C28H38N4O5S. The lowest BCUT2D eigenvalue weighted by Gasteiger charge is -2.44. The van der Waals surface area contributed by atoms with Crippen molar-refractivity contribution >= 4 is 15.9 Å². The van der Waals surface area contributed by atoms with Crippen molar-refractivity contribution in [3.8, 4) is 16.9 Å². The fraction of sp³-hybridized carbons (Fsp3) is 0.571. The summed E-state index contributed by atoms with van der Waals surface area (Å²) in [5.41, 5.74) is 1.39. The van der Waals surface area contributed by atoms with E-state index in [1.54, 1.807) is 30.6 Å². The van der Waals surface area contributed by atoms with Crippen LogP contribution in [0.3, 0.4) is 0 Å². The molecule has 1 aromatic heterocycles. The standard InChI is InChI=1S/C28H38N4O5S/c1-31-18-24(33)17-30-38(35,36)26-9-8-22(23-7-4-12-29-16-23)15-25(26)37-20-28(19-31)10-13-32(14-11-28)27(34)21-5-2-3-6-21/h4,7-9,12,15-16,21,24,30,33H,2-3,5-6,10-11,13-14,17-20H2,1H3. The molecule has 38 heavy (non-hydrogen) atoms. The van der Waals surface area contributed by atoms with Crippen LogP contribution < -0.4 is 9.46 Å². The van der Waals surface area contributed by atoms with E-state index < -0.39 is 16.1 Å². The van der Waals surface area contributed by atoms with Gasteiger partial charge >= 0.3 is 0 Å². The minimum Gasteiger partial charge on any atom is -0.492 e. The number of amides is 1. The quantitative estimate of drug-likeness (QED) is 0.600. The number of nitrogens with zero attached hydrogens (tertiary/aromatic N) is 3. The van der Waals surface area contributed by atoms with Gasteiger partial charge in [-0.15, -0.1) is 0 Å². The van der Waals surface area contributed by atoms with Crippen molar-refractivity contribution in [2.24, 2.45) is 11.3 Å². The lowest BCUT2D eigenvalue weighted by atomic mass is 9.78. The average Bonchev–Trinajstić information content (AvgIpc) is 3.46. The topological polar surface area (TPSA) is 112 Å². The van der Waals surface area contributed by atoms with E-state index in [9.17, 15) is 18.3 Å². The first-order valence-corrected chi connectivity index (χ1v) is 15.1. The highest BCUT2D eigenvalue weighted by atomic mass is 32.2. The van der Waals surface area contributed by atoms with Crippen molar-refractivity contribution in [2.45, 2.75) is 49.5 Å². The highest BCUT2D eigenvalue weighted by Crippen LogP contribution is 2.37. The molecule has 206 valence electrons. The maximum atomic E-state index is 13.2. The Morgan fingerprint density at radius 2 is 1.92 bits per heavy atom. The number of rotatable bonds is 2. The number of carbonyl (C=O) groups excluding carboxylic acids is 1. The van der Waals surface area contributed by atoms with E-state index in [0.29, 0.717) is 32.8 Å². The summed E-state index contributed by atoms with van der Waals surface area (Å²) in [6.07, 6.45) is 8.33. The number of likely N-dealkylation sites (tertiary alicyclic amines) is 1. The summed E-state index contributed by atoms with van der Waals surface area (Å²) in [5.74, 6) is 0.712. The maximum absolute atomic E-state index is 13.2. The first-order valence-electron chi connectivity index (χ1n) is 13.6. The number of piperidine rings is 1. The number of ether oxygens (including phenoxy) is 1. The van der Waals surface area contributed by atoms with Crippen LogP contribution in [-0.4, -0.2) is 86.7 Å². The highest BCUT2D eigenvalue weighted by Gasteiger charge is 2.40. The second-order valence-corrected chi connectivity index (χ2v) is 12.9. The Kier molecular flexibility index (Phi) is 8.04. The van der Waals surface area contributed by atoms with Crippen LogP contribution >= 0.6 is 0 Å². The van der Waals surface area contributed by atoms with E-state index in [0.717, 1.165) is 49.7 Å². The van der Waals surface area contributed by atoms with E-state index in [4.69, 9.17) is 4.74 Å². The Morgan fingerprint density at radius 3 is 2.63 bits per heavy atom. The van der Waals surface area contributed by atoms with Crippen LogP contribution in [0.25, 0.3) is 11.1 Å².